The molecule has 1 aromatic carbocycles. The van der Waals surface area contributed by atoms with Crippen LogP contribution in [0, 0.1) is 12.8 Å². The Balaban J connectivity index is 2.68. The van der Waals surface area contributed by atoms with Crippen LogP contribution in [0.3, 0.4) is 0 Å². The third-order valence-electron chi connectivity index (χ3n) is 3.27. The van der Waals surface area contributed by atoms with E-state index in [9.17, 15) is 0 Å². The van der Waals surface area contributed by atoms with Gasteiger partial charge in [-0.15, -0.1) is 0 Å². The number of hydrogen-bond donors (Lipinski definition) is 0. The molecule has 0 radical (unpaired) electrons. The van der Waals surface area contributed by atoms with Crippen molar-refractivity contribution in [3.8, 4) is 5.75 Å². The summed E-state index contributed by atoms with van der Waals surface area (Å²) in [5, 5.41) is 1.02. The fourth-order valence-electron chi connectivity index (χ4n) is 1.95. The Morgan fingerprint density at radius 2 is 2.00 bits per heavy atom. The summed E-state index contributed by atoms with van der Waals surface area (Å²) in [5.74, 6) is 2.20. The topological polar surface area (TPSA) is 9.23 Å². The summed E-state index contributed by atoms with van der Waals surface area (Å²) in [7, 11) is 0. The zero-order valence-electron chi connectivity index (χ0n) is 12.0. The summed E-state index contributed by atoms with van der Waals surface area (Å²) in [4.78, 5) is 0. The van der Waals surface area contributed by atoms with Gasteiger partial charge in [0.05, 0.1) is 6.61 Å². The highest BCUT2D eigenvalue weighted by Gasteiger charge is 2.09. The maximum atomic E-state index is 6.00. The van der Waals surface area contributed by atoms with E-state index in [0.29, 0.717) is 11.8 Å². The van der Waals surface area contributed by atoms with Gasteiger partial charge in [0.1, 0.15) is 5.75 Å². The Hall–Kier alpha value is -0.500. The average Bonchev–Trinajstić information content (AvgIpc) is 2.35. The van der Waals surface area contributed by atoms with Gasteiger partial charge < -0.3 is 4.74 Å². The summed E-state index contributed by atoms with van der Waals surface area (Å²) in [6.45, 7) is 9.57. The Morgan fingerprint density at radius 3 is 2.56 bits per heavy atom. The maximum Gasteiger partial charge on any atom is 0.122 e. The Kier molecular flexibility index (Phi) is 6.77. The lowest BCUT2D eigenvalue weighted by Crippen LogP contribution is -2.13. The van der Waals surface area contributed by atoms with Crippen molar-refractivity contribution in [2.75, 3.05) is 11.9 Å². The van der Waals surface area contributed by atoms with Gasteiger partial charge in [0.25, 0.3) is 0 Å². The van der Waals surface area contributed by atoms with Crippen molar-refractivity contribution in [3.05, 3.63) is 29.3 Å². The molecule has 0 fully saturated rings. The molecule has 0 spiro atoms. The Morgan fingerprint density at radius 1 is 1.28 bits per heavy atom. The Labute approximate surface area is 120 Å². The number of benzene rings is 1. The minimum Gasteiger partial charge on any atom is -0.493 e. The quantitative estimate of drug-likeness (QED) is 0.620. The minimum absolute atomic E-state index is 0.551. The van der Waals surface area contributed by atoms with E-state index in [1.165, 1.54) is 24.0 Å². The lowest BCUT2D eigenvalue weighted by Gasteiger charge is -2.17. The van der Waals surface area contributed by atoms with Crippen LogP contribution in [0.1, 0.15) is 50.7 Å². The number of rotatable bonds is 7. The molecule has 1 aromatic rings. The highest BCUT2D eigenvalue weighted by molar-refractivity contribution is 9.09. The molecule has 18 heavy (non-hydrogen) atoms. The molecule has 0 aromatic heterocycles. The highest BCUT2D eigenvalue weighted by Crippen LogP contribution is 2.25. The third-order valence-corrected chi connectivity index (χ3v) is 4.18. The molecule has 1 rings (SSSR count). The number of alkyl halides is 1. The average molecular weight is 313 g/mol. The molecule has 0 saturated carbocycles. The van der Waals surface area contributed by atoms with Crippen LogP contribution >= 0.6 is 15.9 Å². The first-order valence-corrected chi connectivity index (χ1v) is 7.99. The molecular weight excluding hydrogens is 288 g/mol. The molecule has 1 atom stereocenters. The van der Waals surface area contributed by atoms with Crippen molar-refractivity contribution >= 4 is 15.9 Å². The molecule has 0 aliphatic heterocycles. The van der Waals surface area contributed by atoms with E-state index >= 15 is 0 Å². The van der Waals surface area contributed by atoms with E-state index in [2.05, 4.69) is 61.8 Å². The third kappa shape index (κ3) is 4.64. The second-order valence-corrected chi connectivity index (χ2v) is 5.95. The van der Waals surface area contributed by atoms with Gasteiger partial charge in [-0.25, -0.2) is 0 Å². The molecule has 0 aliphatic carbocycles. The predicted octanol–water partition coefficient (Wildman–Crippen LogP) is 5.31. The fourth-order valence-corrected chi connectivity index (χ4v) is 2.46. The molecule has 0 heterocycles. The van der Waals surface area contributed by atoms with Crippen LogP contribution in [0.5, 0.6) is 5.75 Å². The SMILES string of the molecule is CCCC(CBr)COc1cc(C(C)C)ccc1C. The summed E-state index contributed by atoms with van der Waals surface area (Å²) in [6.07, 6.45) is 2.43. The molecule has 1 unspecified atom stereocenters. The smallest absolute Gasteiger partial charge is 0.122 e. The van der Waals surface area contributed by atoms with Gasteiger partial charge in [0.2, 0.25) is 0 Å². The monoisotopic (exact) mass is 312 g/mol. The minimum atomic E-state index is 0.551. The molecule has 0 aliphatic rings. The van der Waals surface area contributed by atoms with Gasteiger partial charge in [-0.2, -0.15) is 0 Å². The Bertz CT molecular complexity index is 360. The zero-order valence-corrected chi connectivity index (χ0v) is 13.6. The lowest BCUT2D eigenvalue weighted by molar-refractivity contribution is 0.253. The predicted molar refractivity (Wildman–Crippen MR) is 83.0 cm³/mol. The van der Waals surface area contributed by atoms with Crippen LogP contribution in [-0.2, 0) is 0 Å². The number of aryl methyl sites for hydroxylation is 1. The summed E-state index contributed by atoms with van der Waals surface area (Å²) < 4.78 is 6.00. The van der Waals surface area contributed by atoms with Crippen LogP contribution in [0.15, 0.2) is 18.2 Å². The highest BCUT2D eigenvalue weighted by atomic mass is 79.9. The van der Waals surface area contributed by atoms with Gasteiger partial charge in [-0.3, -0.25) is 0 Å². The molecule has 2 heteroatoms. The van der Waals surface area contributed by atoms with Gasteiger partial charge in [0.15, 0.2) is 0 Å². The van der Waals surface area contributed by atoms with Crippen molar-refractivity contribution in [2.45, 2.75) is 46.5 Å². The van der Waals surface area contributed by atoms with E-state index < -0.39 is 0 Å². The molecule has 0 N–H and O–H groups in total. The van der Waals surface area contributed by atoms with Crippen molar-refractivity contribution in [1.82, 2.24) is 0 Å². The summed E-state index contributed by atoms with van der Waals surface area (Å²) in [6, 6.07) is 6.55. The second kappa shape index (κ2) is 7.83. The standard InChI is InChI=1S/C16H25BrO/c1-5-6-14(10-17)11-18-16-9-15(12(2)3)8-7-13(16)4/h7-9,12,14H,5-6,10-11H2,1-4H3. The number of hydrogen-bond acceptors (Lipinski definition) is 1. The lowest BCUT2D eigenvalue weighted by atomic mass is 10.0. The molecule has 0 saturated heterocycles. The fraction of sp³-hybridized carbons (Fsp3) is 0.625. The van der Waals surface area contributed by atoms with Crippen molar-refractivity contribution in [1.29, 1.82) is 0 Å². The first-order chi connectivity index (χ1) is 8.58. The maximum absolute atomic E-state index is 6.00. The van der Waals surface area contributed by atoms with Crippen molar-refractivity contribution in [2.24, 2.45) is 5.92 Å². The molecular formula is C16H25BrO. The van der Waals surface area contributed by atoms with Crippen LogP contribution in [0.4, 0.5) is 0 Å². The largest absolute Gasteiger partial charge is 0.493 e. The second-order valence-electron chi connectivity index (χ2n) is 5.30. The molecule has 0 amide bonds. The van der Waals surface area contributed by atoms with Crippen LogP contribution in [0.25, 0.3) is 0 Å². The van der Waals surface area contributed by atoms with Crippen LogP contribution in [0.2, 0.25) is 0 Å². The van der Waals surface area contributed by atoms with Crippen molar-refractivity contribution < 1.29 is 4.74 Å². The normalized spacial score (nSPS) is 12.8. The molecule has 0 bridgehead atoms. The number of ether oxygens (including phenoxy) is 1. The first-order valence-electron chi connectivity index (χ1n) is 6.87. The first kappa shape index (κ1) is 15.6. The van der Waals surface area contributed by atoms with E-state index in [4.69, 9.17) is 4.74 Å². The van der Waals surface area contributed by atoms with E-state index in [1.54, 1.807) is 0 Å². The van der Waals surface area contributed by atoms with E-state index in [-0.39, 0.29) is 0 Å². The summed E-state index contributed by atoms with van der Waals surface area (Å²) >= 11 is 3.57. The zero-order chi connectivity index (χ0) is 13.5. The van der Waals surface area contributed by atoms with Crippen molar-refractivity contribution in [3.63, 3.8) is 0 Å². The van der Waals surface area contributed by atoms with Gasteiger partial charge in [-0.05, 0) is 36.5 Å². The number of halogens is 1. The van der Waals surface area contributed by atoms with Crippen LogP contribution in [-0.4, -0.2) is 11.9 Å². The molecule has 102 valence electrons. The van der Waals surface area contributed by atoms with E-state index in [0.717, 1.165) is 17.7 Å². The van der Waals surface area contributed by atoms with Crippen LogP contribution < -0.4 is 4.74 Å². The van der Waals surface area contributed by atoms with Gasteiger partial charge in [-0.1, -0.05) is 55.3 Å². The summed E-state index contributed by atoms with van der Waals surface area (Å²) in [5.41, 5.74) is 2.57. The van der Waals surface area contributed by atoms with E-state index in [1.807, 2.05) is 0 Å². The molecule has 1 nitrogen and oxygen atoms in total. The van der Waals surface area contributed by atoms with Gasteiger partial charge in [0, 0.05) is 11.2 Å². The van der Waals surface area contributed by atoms with Gasteiger partial charge >= 0.3 is 0 Å².